The summed E-state index contributed by atoms with van der Waals surface area (Å²) < 4.78 is 10.9. The first-order valence-corrected chi connectivity index (χ1v) is 11.3. The molecule has 1 atom stereocenters. The zero-order valence-electron chi connectivity index (χ0n) is 18.9. The number of nitrogens with zero attached hydrogens (tertiary/aromatic N) is 5. The number of rotatable bonds is 5. The monoisotopic (exact) mass is 440 g/mol. The van der Waals surface area contributed by atoms with E-state index in [0.29, 0.717) is 25.4 Å². The zero-order valence-corrected chi connectivity index (χ0v) is 18.9. The third kappa shape index (κ3) is 5.40. The second-order valence-electron chi connectivity index (χ2n) is 8.08. The minimum atomic E-state index is -0.0571. The van der Waals surface area contributed by atoms with E-state index >= 15 is 0 Å². The molecule has 0 saturated carbocycles. The molecule has 2 fully saturated rings. The fourth-order valence-corrected chi connectivity index (χ4v) is 4.03. The maximum atomic E-state index is 12.5. The van der Waals surface area contributed by atoms with Gasteiger partial charge in [0.15, 0.2) is 11.7 Å². The Labute approximate surface area is 189 Å². The number of morpholine rings is 1. The lowest BCUT2D eigenvalue weighted by atomic mass is 10.2. The summed E-state index contributed by atoms with van der Waals surface area (Å²) in [5.41, 5.74) is 1.12. The van der Waals surface area contributed by atoms with Crippen LogP contribution in [0.2, 0.25) is 0 Å². The number of pyridine rings is 1. The number of carbonyl (C=O) groups excluding carboxylic acids is 1. The van der Waals surface area contributed by atoms with E-state index in [2.05, 4.69) is 40.0 Å². The minimum absolute atomic E-state index is 0.0571. The van der Waals surface area contributed by atoms with Gasteiger partial charge in [-0.05, 0) is 43.7 Å². The van der Waals surface area contributed by atoms with Gasteiger partial charge in [-0.3, -0.25) is 4.79 Å². The Hall–Kier alpha value is -3.07. The Balaban J connectivity index is 1.37. The van der Waals surface area contributed by atoms with Gasteiger partial charge in [0.1, 0.15) is 5.82 Å². The standard InChI is InChI=1S/C23H32N6O3/c1-3-24-23(28-10-8-27(9-11-28)22(30)20-5-4-13-32-20)26-16-19-6-7-25-21(15-19)29-12-14-31-18(2)17-29/h4-7,13,15,18H,3,8-12,14,16-17H2,1-2H3,(H,24,26). The van der Waals surface area contributed by atoms with Crippen LogP contribution in [0.5, 0.6) is 0 Å². The van der Waals surface area contributed by atoms with Crippen molar-refractivity contribution in [3.05, 3.63) is 48.0 Å². The summed E-state index contributed by atoms with van der Waals surface area (Å²) in [7, 11) is 0. The van der Waals surface area contributed by atoms with E-state index in [4.69, 9.17) is 14.1 Å². The van der Waals surface area contributed by atoms with Crippen LogP contribution in [0.15, 0.2) is 46.1 Å². The number of furan rings is 1. The maximum Gasteiger partial charge on any atom is 0.289 e. The van der Waals surface area contributed by atoms with E-state index in [0.717, 1.165) is 56.7 Å². The zero-order chi connectivity index (χ0) is 22.3. The van der Waals surface area contributed by atoms with Crippen LogP contribution >= 0.6 is 0 Å². The molecule has 1 amide bonds. The van der Waals surface area contributed by atoms with Gasteiger partial charge >= 0.3 is 0 Å². The van der Waals surface area contributed by atoms with Gasteiger partial charge in [-0.25, -0.2) is 9.98 Å². The van der Waals surface area contributed by atoms with Crippen LogP contribution in [0.4, 0.5) is 5.82 Å². The van der Waals surface area contributed by atoms with E-state index in [1.165, 1.54) is 6.26 Å². The van der Waals surface area contributed by atoms with E-state index in [1.54, 1.807) is 12.1 Å². The predicted octanol–water partition coefficient (Wildman–Crippen LogP) is 1.82. The fraction of sp³-hybridized carbons (Fsp3) is 0.522. The molecule has 2 aromatic heterocycles. The van der Waals surface area contributed by atoms with Crippen molar-refractivity contribution in [2.24, 2.45) is 4.99 Å². The van der Waals surface area contributed by atoms with Gasteiger partial charge in [0.25, 0.3) is 5.91 Å². The first-order chi connectivity index (χ1) is 15.6. The van der Waals surface area contributed by atoms with Crippen LogP contribution in [0, 0.1) is 0 Å². The van der Waals surface area contributed by atoms with Gasteiger partial charge < -0.3 is 29.2 Å². The third-order valence-electron chi connectivity index (χ3n) is 5.72. The Morgan fingerprint density at radius 2 is 2.03 bits per heavy atom. The SMILES string of the molecule is CCNC(=NCc1ccnc(N2CCOC(C)C2)c1)N1CCN(C(=O)c2ccco2)CC1. The molecule has 9 nitrogen and oxygen atoms in total. The lowest BCUT2D eigenvalue weighted by Gasteiger charge is -2.36. The van der Waals surface area contributed by atoms with Gasteiger partial charge in [0, 0.05) is 52.0 Å². The van der Waals surface area contributed by atoms with Gasteiger partial charge in [0.05, 0.1) is 25.5 Å². The summed E-state index contributed by atoms with van der Waals surface area (Å²) in [5, 5.41) is 3.39. The highest BCUT2D eigenvalue weighted by Gasteiger charge is 2.25. The summed E-state index contributed by atoms with van der Waals surface area (Å²) in [4.78, 5) is 28.2. The molecular weight excluding hydrogens is 408 g/mol. The van der Waals surface area contributed by atoms with Gasteiger partial charge in [-0.15, -0.1) is 0 Å². The number of aromatic nitrogens is 1. The Kier molecular flexibility index (Phi) is 7.26. The number of aliphatic imine (C=N–C) groups is 1. The average molecular weight is 441 g/mol. The normalized spacial score (nSPS) is 19.9. The highest BCUT2D eigenvalue weighted by atomic mass is 16.5. The minimum Gasteiger partial charge on any atom is -0.459 e. The van der Waals surface area contributed by atoms with Crippen molar-refractivity contribution in [1.82, 2.24) is 20.1 Å². The van der Waals surface area contributed by atoms with E-state index in [1.807, 2.05) is 17.2 Å². The van der Waals surface area contributed by atoms with Crippen LogP contribution in [0.1, 0.15) is 30.0 Å². The number of carbonyl (C=O) groups is 1. The van der Waals surface area contributed by atoms with Crippen molar-refractivity contribution in [2.75, 3.05) is 57.3 Å². The van der Waals surface area contributed by atoms with Crippen molar-refractivity contribution < 1.29 is 13.9 Å². The summed E-state index contributed by atoms with van der Waals surface area (Å²) in [6.07, 6.45) is 3.60. The summed E-state index contributed by atoms with van der Waals surface area (Å²) in [6.45, 7) is 10.7. The number of amides is 1. The number of hydrogen-bond acceptors (Lipinski definition) is 6. The third-order valence-corrected chi connectivity index (χ3v) is 5.72. The summed E-state index contributed by atoms with van der Waals surface area (Å²) in [5.74, 6) is 2.18. The number of guanidine groups is 1. The van der Waals surface area contributed by atoms with Crippen LogP contribution < -0.4 is 10.2 Å². The molecule has 0 aromatic carbocycles. The molecule has 172 valence electrons. The summed E-state index contributed by atoms with van der Waals surface area (Å²) >= 11 is 0. The molecule has 0 spiro atoms. The lowest BCUT2D eigenvalue weighted by Crippen LogP contribution is -2.53. The second-order valence-corrected chi connectivity index (χ2v) is 8.08. The van der Waals surface area contributed by atoms with Crippen LogP contribution in [0.3, 0.4) is 0 Å². The number of piperazine rings is 1. The molecule has 1 unspecified atom stereocenters. The smallest absolute Gasteiger partial charge is 0.289 e. The Morgan fingerprint density at radius 1 is 1.22 bits per heavy atom. The van der Waals surface area contributed by atoms with Crippen LogP contribution in [-0.4, -0.2) is 85.2 Å². The Morgan fingerprint density at radius 3 is 2.75 bits per heavy atom. The van der Waals surface area contributed by atoms with Gasteiger partial charge in [-0.1, -0.05) is 0 Å². The maximum absolute atomic E-state index is 12.5. The number of anilines is 1. The predicted molar refractivity (Wildman–Crippen MR) is 123 cm³/mol. The first kappa shape index (κ1) is 22.1. The molecule has 9 heteroatoms. The van der Waals surface area contributed by atoms with Crippen molar-refractivity contribution >= 4 is 17.7 Å². The molecule has 4 rings (SSSR count). The molecule has 4 heterocycles. The largest absolute Gasteiger partial charge is 0.459 e. The molecule has 1 N–H and O–H groups in total. The van der Waals surface area contributed by atoms with Gasteiger partial charge in [-0.2, -0.15) is 0 Å². The van der Waals surface area contributed by atoms with E-state index < -0.39 is 0 Å². The summed E-state index contributed by atoms with van der Waals surface area (Å²) in [6, 6.07) is 7.58. The number of ether oxygens (including phenoxy) is 1. The van der Waals surface area contributed by atoms with Crippen molar-refractivity contribution in [2.45, 2.75) is 26.5 Å². The first-order valence-electron chi connectivity index (χ1n) is 11.3. The van der Waals surface area contributed by atoms with E-state index in [-0.39, 0.29) is 12.0 Å². The second kappa shape index (κ2) is 10.5. The Bertz CT molecular complexity index is 908. The highest BCUT2D eigenvalue weighted by Crippen LogP contribution is 2.17. The molecule has 2 aliphatic heterocycles. The molecule has 2 saturated heterocycles. The molecule has 0 aliphatic carbocycles. The average Bonchev–Trinajstić information content (AvgIpc) is 3.37. The molecular formula is C23H32N6O3. The van der Waals surface area contributed by atoms with Crippen LogP contribution in [-0.2, 0) is 11.3 Å². The molecule has 0 radical (unpaired) electrons. The quantitative estimate of drug-likeness (QED) is 0.561. The molecule has 32 heavy (non-hydrogen) atoms. The highest BCUT2D eigenvalue weighted by molar-refractivity contribution is 5.91. The number of hydrogen-bond donors (Lipinski definition) is 1. The molecule has 2 aromatic rings. The van der Waals surface area contributed by atoms with Crippen molar-refractivity contribution in [1.29, 1.82) is 0 Å². The topological polar surface area (TPSA) is 86.4 Å². The lowest BCUT2D eigenvalue weighted by molar-refractivity contribution is 0.0529. The molecule has 2 aliphatic rings. The van der Waals surface area contributed by atoms with Crippen molar-refractivity contribution in [3.8, 4) is 0 Å². The fourth-order valence-electron chi connectivity index (χ4n) is 4.03. The van der Waals surface area contributed by atoms with E-state index in [9.17, 15) is 4.79 Å². The molecule has 0 bridgehead atoms. The number of nitrogens with one attached hydrogen (secondary N) is 1. The van der Waals surface area contributed by atoms with Crippen molar-refractivity contribution in [3.63, 3.8) is 0 Å². The van der Waals surface area contributed by atoms with Gasteiger partial charge in [0.2, 0.25) is 0 Å². The van der Waals surface area contributed by atoms with Crippen LogP contribution in [0.25, 0.3) is 0 Å².